The monoisotopic (exact) mass is 429 g/mol. The highest BCUT2D eigenvalue weighted by molar-refractivity contribution is 5.67. The SMILES string of the molecule is O=C(O)CCc1ccc(OCc2ccc(CN3CCCC3Cc3ccccc3)cc2)cc1. The van der Waals surface area contributed by atoms with E-state index in [2.05, 4.69) is 59.5 Å². The Hall–Kier alpha value is -3.11. The molecule has 1 atom stereocenters. The molecule has 1 saturated heterocycles. The van der Waals surface area contributed by atoms with Gasteiger partial charge < -0.3 is 9.84 Å². The molecule has 3 aromatic rings. The molecule has 4 rings (SSSR count). The summed E-state index contributed by atoms with van der Waals surface area (Å²) in [6, 6.07) is 27.8. The van der Waals surface area contributed by atoms with E-state index < -0.39 is 5.97 Å². The van der Waals surface area contributed by atoms with E-state index >= 15 is 0 Å². The minimum Gasteiger partial charge on any atom is -0.489 e. The van der Waals surface area contributed by atoms with Crippen molar-refractivity contribution in [1.82, 2.24) is 4.90 Å². The molecule has 1 aliphatic rings. The molecule has 0 radical (unpaired) electrons. The number of hydrogen-bond acceptors (Lipinski definition) is 3. The van der Waals surface area contributed by atoms with Crippen LogP contribution in [0.15, 0.2) is 78.9 Å². The summed E-state index contributed by atoms with van der Waals surface area (Å²) in [5.74, 6) is 0.0270. The van der Waals surface area contributed by atoms with Gasteiger partial charge >= 0.3 is 5.97 Å². The highest BCUT2D eigenvalue weighted by atomic mass is 16.5. The Labute approximate surface area is 190 Å². The maximum atomic E-state index is 10.7. The maximum Gasteiger partial charge on any atom is 0.303 e. The summed E-state index contributed by atoms with van der Waals surface area (Å²) in [5, 5.41) is 8.78. The van der Waals surface area contributed by atoms with Gasteiger partial charge in [0.1, 0.15) is 12.4 Å². The molecule has 1 fully saturated rings. The summed E-state index contributed by atoms with van der Waals surface area (Å²) in [6.07, 6.45) is 4.37. The predicted molar refractivity (Wildman–Crippen MR) is 127 cm³/mol. The van der Waals surface area contributed by atoms with Crippen LogP contribution in [0.3, 0.4) is 0 Å². The molecular weight excluding hydrogens is 398 g/mol. The summed E-state index contributed by atoms with van der Waals surface area (Å²) < 4.78 is 5.90. The minimum absolute atomic E-state index is 0.150. The summed E-state index contributed by atoms with van der Waals surface area (Å²) in [6.45, 7) is 2.69. The Bertz CT molecular complexity index is 983. The standard InChI is InChI=1S/C28H31NO3/c30-28(31)17-14-22-12-15-27(16-13-22)32-21-25-10-8-24(9-11-25)20-29-18-4-7-26(29)19-23-5-2-1-3-6-23/h1-3,5-6,8-13,15-16,26H,4,7,14,17-21H2,(H,30,31). The molecular formula is C28H31NO3. The van der Waals surface area contributed by atoms with Crippen LogP contribution in [0, 0.1) is 0 Å². The second-order valence-electron chi connectivity index (χ2n) is 8.60. The molecule has 0 aliphatic carbocycles. The molecule has 0 saturated carbocycles. The molecule has 4 heteroatoms. The lowest BCUT2D eigenvalue weighted by Gasteiger charge is -2.24. The van der Waals surface area contributed by atoms with E-state index in [9.17, 15) is 4.79 Å². The highest BCUT2D eigenvalue weighted by Crippen LogP contribution is 2.24. The molecule has 0 amide bonds. The molecule has 0 spiro atoms. The smallest absolute Gasteiger partial charge is 0.303 e. The minimum atomic E-state index is -0.773. The number of carbonyl (C=O) groups is 1. The van der Waals surface area contributed by atoms with Crippen molar-refractivity contribution in [2.75, 3.05) is 6.54 Å². The van der Waals surface area contributed by atoms with Crippen molar-refractivity contribution in [3.63, 3.8) is 0 Å². The van der Waals surface area contributed by atoms with Crippen molar-refractivity contribution in [3.8, 4) is 5.75 Å². The van der Waals surface area contributed by atoms with Gasteiger partial charge in [0.25, 0.3) is 0 Å². The van der Waals surface area contributed by atoms with Crippen molar-refractivity contribution in [2.45, 2.75) is 51.3 Å². The number of aliphatic carboxylic acids is 1. The number of rotatable bonds is 10. The van der Waals surface area contributed by atoms with Crippen LogP contribution in [-0.2, 0) is 30.8 Å². The molecule has 4 nitrogen and oxygen atoms in total. The van der Waals surface area contributed by atoms with Crippen LogP contribution >= 0.6 is 0 Å². The van der Waals surface area contributed by atoms with Gasteiger partial charge in [0.2, 0.25) is 0 Å². The van der Waals surface area contributed by atoms with E-state index in [4.69, 9.17) is 9.84 Å². The Morgan fingerprint density at radius 2 is 1.56 bits per heavy atom. The van der Waals surface area contributed by atoms with Gasteiger partial charge in [0.05, 0.1) is 0 Å². The van der Waals surface area contributed by atoms with Crippen molar-refractivity contribution in [3.05, 3.63) is 101 Å². The summed E-state index contributed by atoms with van der Waals surface area (Å²) in [4.78, 5) is 13.3. The summed E-state index contributed by atoms with van der Waals surface area (Å²) in [5.41, 5.74) is 4.92. The van der Waals surface area contributed by atoms with E-state index in [1.54, 1.807) is 0 Å². The Morgan fingerprint density at radius 1 is 0.875 bits per heavy atom. The van der Waals surface area contributed by atoms with E-state index in [0.29, 0.717) is 19.1 Å². The average molecular weight is 430 g/mol. The first-order chi connectivity index (χ1) is 15.7. The topological polar surface area (TPSA) is 49.8 Å². The van der Waals surface area contributed by atoms with Crippen LogP contribution in [0.25, 0.3) is 0 Å². The molecule has 1 N–H and O–H groups in total. The van der Waals surface area contributed by atoms with E-state index in [1.165, 1.54) is 30.5 Å². The third kappa shape index (κ3) is 6.44. The van der Waals surface area contributed by atoms with Gasteiger partial charge in [-0.15, -0.1) is 0 Å². The van der Waals surface area contributed by atoms with Crippen molar-refractivity contribution >= 4 is 5.97 Å². The van der Waals surface area contributed by atoms with Crippen molar-refractivity contribution < 1.29 is 14.6 Å². The quantitative estimate of drug-likeness (QED) is 0.463. The molecule has 3 aromatic carbocycles. The summed E-state index contributed by atoms with van der Waals surface area (Å²) >= 11 is 0. The van der Waals surface area contributed by atoms with Crippen molar-refractivity contribution in [2.24, 2.45) is 0 Å². The fraction of sp³-hybridized carbons (Fsp3) is 0.321. The third-order valence-corrected chi connectivity index (χ3v) is 6.18. The van der Waals surface area contributed by atoms with E-state index in [1.807, 2.05) is 24.3 Å². The lowest BCUT2D eigenvalue weighted by atomic mass is 10.0. The molecule has 166 valence electrons. The number of likely N-dealkylation sites (tertiary alicyclic amines) is 1. The van der Waals surface area contributed by atoms with E-state index in [-0.39, 0.29) is 6.42 Å². The molecule has 0 bridgehead atoms. The van der Waals surface area contributed by atoms with Gasteiger partial charge in [-0.1, -0.05) is 66.7 Å². The lowest BCUT2D eigenvalue weighted by molar-refractivity contribution is -0.136. The van der Waals surface area contributed by atoms with Gasteiger partial charge in [-0.05, 0) is 66.6 Å². The molecule has 1 heterocycles. The Balaban J connectivity index is 1.26. The Kier molecular flexibility index (Phi) is 7.57. The second kappa shape index (κ2) is 11.0. The fourth-order valence-corrected chi connectivity index (χ4v) is 4.37. The number of benzene rings is 3. The number of carboxylic acids is 1. The lowest BCUT2D eigenvalue weighted by Crippen LogP contribution is -2.30. The normalized spacial score (nSPS) is 16.2. The van der Waals surface area contributed by atoms with Crippen molar-refractivity contribution in [1.29, 1.82) is 0 Å². The zero-order valence-corrected chi connectivity index (χ0v) is 18.5. The predicted octanol–water partition coefficient (Wildman–Crippen LogP) is 5.49. The zero-order valence-electron chi connectivity index (χ0n) is 18.5. The number of nitrogens with zero attached hydrogens (tertiary/aromatic N) is 1. The summed E-state index contributed by atoms with van der Waals surface area (Å²) in [7, 11) is 0. The van der Waals surface area contributed by atoms with Crippen LogP contribution in [0.4, 0.5) is 0 Å². The first kappa shape index (κ1) is 22.1. The number of ether oxygens (including phenoxy) is 1. The van der Waals surface area contributed by atoms with Crippen LogP contribution < -0.4 is 4.74 Å². The van der Waals surface area contributed by atoms with Crippen LogP contribution in [-0.4, -0.2) is 28.6 Å². The van der Waals surface area contributed by atoms with Gasteiger partial charge in [-0.3, -0.25) is 9.69 Å². The average Bonchev–Trinajstić information content (AvgIpc) is 3.25. The fourth-order valence-electron chi connectivity index (χ4n) is 4.37. The first-order valence-corrected chi connectivity index (χ1v) is 11.4. The maximum absolute atomic E-state index is 10.7. The molecule has 1 aliphatic heterocycles. The van der Waals surface area contributed by atoms with E-state index in [0.717, 1.165) is 29.8 Å². The largest absolute Gasteiger partial charge is 0.489 e. The highest BCUT2D eigenvalue weighted by Gasteiger charge is 2.24. The van der Waals surface area contributed by atoms with Crippen LogP contribution in [0.5, 0.6) is 5.75 Å². The van der Waals surface area contributed by atoms with Gasteiger partial charge in [0.15, 0.2) is 0 Å². The van der Waals surface area contributed by atoms with Crippen LogP contribution in [0.1, 0.15) is 41.5 Å². The molecule has 0 aromatic heterocycles. The van der Waals surface area contributed by atoms with Gasteiger partial charge in [-0.2, -0.15) is 0 Å². The third-order valence-electron chi connectivity index (χ3n) is 6.18. The van der Waals surface area contributed by atoms with Gasteiger partial charge in [0, 0.05) is 19.0 Å². The van der Waals surface area contributed by atoms with Gasteiger partial charge in [-0.25, -0.2) is 0 Å². The first-order valence-electron chi connectivity index (χ1n) is 11.4. The second-order valence-corrected chi connectivity index (χ2v) is 8.60. The number of hydrogen-bond donors (Lipinski definition) is 1. The van der Waals surface area contributed by atoms with Crippen LogP contribution in [0.2, 0.25) is 0 Å². The molecule has 32 heavy (non-hydrogen) atoms. The molecule has 1 unspecified atom stereocenters. The number of aryl methyl sites for hydroxylation is 1. The zero-order chi connectivity index (χ0) is 22.2. The Morgan fingerprint density at radius 3 is 2.28 bits per heavy atom. The number of carboxylic acid groups (broad SMARTS) is 1.